The Morgan fingerprint density at radius 3 is 2.45 bits per heavy atom. The Morgan fingerprint density at radius 2 is 2.00 bits per heavy atom. The molecule has 1 aromatic rings. The van der Waals surface area contributed by atoms with E-state index < -0.39 is 14.6 Å². The van der Waals surface area contributed by atoms with Crippen molar-refractivity contribution >= 4 is 31.7 Å². The van der Waals surface area contributed by atoms with Crippen LogP contribution in [0.5, 0.6) is 0 Å². The minimum Gasteiger partial charge on any atom is -0.349 e. The van der Waals surface area contributed by atoms with Crippen LogP contribution in [0.3, 0.4) is 0 Å². The molecule has 114 valence electrons. The van der Waals surface area contributed by atoms with Gasteiger partial charge in [0.05, 0.1) is 4.75 Å². The molecule has 0 aromatic carbocycles. The number of rotatable bonds is 5. The molecule has 0 atom stereocenters. The highest BCUT2D eigenvalue weighted by Crippen LogP contribution is 2.20. The maximum atomic E-state index is 12.2. The summed E-state index contributed by atoms with van der Waals surface area (Å²) in [7, 11) is -3.23. The number of carbonyl (C=O) groups excluding carboxylic acids is 1. The van der Waals surface area contributed by atoms with E-state index in [0.717, 1.165) is 4.47 Å². The predicted octanol–water partition coefficient (Wildman–Crippen LogP) is 2.38. The largest absolute Gasteiger partial charge is 0.349 e. The molecule has 0 fully saturated rings. The Bertz CT molecular complexity index is 603. The second-order valence-corrected chi connectivity index (χ2v) is 9.32. The van der Waals surface area contributed by atoms with Gasteiger partial charge in [-0.2, -0.15) is 0 Å². The first-order valence-electron chi connectivity index (χ1n) is 6.31. The van der Waals surface area contributed by atoms with Crippen LogP contribution < -0.4 is 5.32 Å². The second-order valence-electron chi connectivity index (χ2n) is 5.76. The molecule has 7 heteroatoms. The van der Waals surface area contributed by atoms with E-state index in [-0.39, 0.29) is 18.5 Å². The summed E-state index contributed by atoms with van der Waals surface area (Å²) < 4.78 is 24.9. The zero-order valence-electron chi connectivity index (χ0n) is 12.4. The second kappa shape index (κ2) is 5.89. The molecule has 0 saturated heterocycles. The lowest BCUT2D eigenvalue weighted by Crippen LogP contribution is -2.44. The summed E-state index contributed by atoms with van der Waals surface area (Å²) in [5.41, 5.74) is 0.510. The third-order valence-electron chi connectivity index (χ3n) is 3.28. The van der Waals surface area contributed by atoms with E-state index in [2.05, 4.69) is 21.2 Å². The van der Waals surface area contributed by atoms with Crippen LogP contribution in [0.2, 0.25) is 0 Å². The lowest BCUT2D eigenvalue weighted by atomic mass is 10.2. The number of halogens is 1. The van der Waals surface area contributed by atoms with E-state index in [1.165, 1.54) is 6.26 Å². The highest BCUT2D eigenvalue weighted by atomic mass is 79.9. The smallest absolute Gasteiger partial charge is 0.268 e. The molecule has 1 aromatic heterocycles. The van der Waals surface area contributed by atoms with Gasteiger partial charge in [0.15, 0.2) is 9.84 Å². The lowest BCUT2D eigenvalue weighted by Gasteiger charge is -2.23. The van der Waals surface area contributed by atoms with E-state index in [0.29, 0.717) is 5.69 Å². The fraction of sp³-hybridized carbons (Fsp3) is 0.615. The van der Waals surface area contributed by atoms with Gasteiger partial charge in [-0.1, -0.05) is 0 Å². The third kappa shape index (κ3) is 3.85. The third-order valence-corrected chi connectivity index (χ3v) is 5.87. The molecule has 5 nitrogen and oxygen atoms in total. The first-order valence-corrected chi connectivity index (χ1v) is 8.99. The fourth-order valence-electron chi connectivity index (χ4n) is 1.57. The summed E-state index contributed by atoms with van der Waals surface area (Å²) in [5.74, 6) is -0.277. The van der Waals surface area contributed by atoms with Crippen molar-refractivity contribution in [2.75, 3.05) is 12.8 Å². The number of nitrogens with one attached hydrogen (secondary N) is 1. The molecule has 0 spiro atoms. The number of hydrogen-bond donors (Lipinski definition) is 1. The van der Waals surface area contributed by atoms with Crippen molar-refractivity contribution in [1.29, 1.82) is 0 Å². The Hall–Kier alpha value is -0.820. The maximum absolute atomic E-state index is 12.2. The monoisotopic (exact) mass is 364 g/mol. The molecule has 0 saturated carbocycles. The molecule has 1 amide bonds. The molecular weight excluding hydrogens is 344 g/mol. The Morgan fingerprint density at radius 1 is 1.45 bits per heavy atom. The molecular formula is C13H21BrN2O3S. The van der Waals surface area contributed by atoms with E-state index in [1.807, 2.05) is 24.6 Å². The average molecular weight is 365 g/mol. The van der Waals surface area contributed by atoms with Gasteiger partial charge in [-0.05, 0) is 49.7 Å². The topological polar surface area (TPSA) is 68.2 Å². The Labute approximate surface area is 128 Å². The van der Waals surface area contributed by atoms with Crippen LogP contribution in [-0.2, 0) is 9.84 Å². The van der Waals surface area contributed by atoms with Gasteiger partial charge >= 0.3 is 0 Å². The zero-order chi connectivity index (χ0) is 15.7. The standard InChI is InChI=1S/C13H21BrN2O3S/c1-9(2)16-7-10(14)6-11(16)12(17)15-8-13(3,4)20(5,18)19/h6-7,9H,8H2,1-5H3,(H,15,17). The summed E-state index contributed by atoms with van der Waals surface area (Å²) in [4.78, 5) is 12.2. The van der Waals surface area contributed by atoms with Gasteiger partial charge in [-0.25, -0.2) is 8.42 Å². The molecule has 0 bridgehead atoms. The molecule has 0 unspecified atom stereocenters. The Kier molecular flexibility index (Phi) is 5.08. The Balaban J connectivity index is 2.89. The van der Waals surface area contributed by atoms with E-state index in [4.69, 9.17) is 0 Å². The van der Waals surface area contributed by atoms with E-state index >= 15 is 0 Å². The molecule has 20 heavy (non-hydrogen) atoms. The van der Waals surface area contributed by atoms with Crippen LogP contribution in [0.25, 0.3) is 0 Å². The summed E-state index contributed by atoms with van der Waals surface area (Å²) in [6.07, 6.45) is 3.01. The van der Waals surface area contributed by atoms with Crippen molar-refractivity contribution in [2.24, 2.45) is 0 Å². The van der Waals surface area contributed by atoms with Gasteiger partial charge < -0.3 is 9.88 Å². The highest BCUT2D eigenvalue weighted by molar-refractivity contribution is 9.10. The number of aromatic nitrogens is 1. The van der Waals surface area contributed by atoms with Gasteiger partial charge in [0.2, 0.25) is 0 Å². The summed E-state index contributed by atoms with van der Waals surface area (Å²) in [6, 6.07) is 1.87. The van der Waals surface area contributed by atoms with Crippen LogP contribution in [0, 0.1) is 0 Å². The van der Waals surface area contributed by atoms with Gasteiger partial charge in [0, 0.05) is 29.5 Å². The van der Waals surface area contributed by atoms with Gasteiger partial charge in [-0.3, -0.25) is 4.79 Å². The number of sulfone groups is 1. The van der Waals surface area contributed by atoms with E-state index in [9.17, 15) is 13.2 Å². The summed E-state index contributed by atoms with van der Waals surface area (Å²) in [6.45, 7) is 7.22. The molecule has 0 radical (unpaired) electrons. The van der Waals surface area contributed by atoms with Gasteiger partial charge in [0.1, 0.15) is 5.69 Å². The first kappa shape index (κ1) is 17.2. The number of amides is 1. The van der Waals surface area contributed by atoms with Gasteiger partial charge in [0.25, 0.3) is 5.91 Å². The minimum atomic E-state index is -3.23. The van der Waals surface area contributed by atoms with Crippen LogP contribution in [0.1, 0.15) is 44.2 Å². The number of hydrogen-bond acceptors (Lipinski definition) is 3. The zero-order valence-corrected chi connectivity index (χ0v) is 14.8. The SMILES string of the molecule is CC(C)n1cc(Br)cc1C(=O)NCC(C)(C)S(C)(=O)=O. The first-order chi connectivity index (χ1) is 8.95. The van der Waals surface area contributed by atoms with Crippen molar-refractivity contribution < 1.29 is 13.2 Å². The van der Waals surface area contributed by atoms with E-state index in [1.54, 1.807) is 19.9 Å². The number of carbonyl (C=O) groups is 1. The van der Waals surface area contributed by atoms with Crippen LogP contribution in [0.4, 0.5) is 0 Å². The molecule has 1 heterocycles. The molecule has 0 aliphatic heterocycles. The van der Waals surface area contributed by atoms with Crippen LogP contribution in [-0.4, -0.2) is 36.4 Å². The normalized spacial score (nSPS) is 12.8. The van der Waals surface area contributed by atoms with Gasteiger partial charge in [-0.15, -0.1) is 0 Å². The van der Waals surface area contributed by atoms with Crippen molar-refractivity contribution in [3.63, 3.8) is 0 Å². The molecule has 0 aliphatic carbocycles. The molecule has 1 N–H and O–H groups in total. The minimum absolute atomic E-state index is 0.0750. The average Bonchev–Trinajstić information content (AvgIpc) is 2.67. The van der Waals surface area contributed by atoms with Crippen molar-refractivity contribution in [3.05, 3.63) is 22.4 Å². The van der Waals surface area contributed by atoms with Crippen LogP contribution in [0.15, 0.2) is 16.7 Å². The fourth-order valence-corrected chi connectivity index (χ4v) is 2.34. The predicted molar refractivity (Wildman–Crippen MR) is 83.8 cm³/mol. The maximum Gasteiger partial charge on any atom is 0.268 e. The molecule has 1 rings (SSSR count). The molecule has 0 aliphatic rings. The number of nitrogens with zero attached hydrogens (tertiary/aromatic N) is 1. The van der Waals surface area contributed by atoms with Crippen molar-refractivity contribution in [3.8, 4) is 0 Å². The quantitative estimate of drug-likeness (QED) is 0.871. The highest BCUT2D eigenvalue weighted by Gasteiger charge is 2.31. The lowest BCUT2D eigenvalue weighted by molar-refractivity contribution is 0.0940. The van der Waals surface area contributed by atoms with Crippen molar-refractivity contribution in [2.45, 2.75) is 38.5 Å². The van der Waals surface area contributed by atoms with Crippen molar-refractivity contribution in [1.82, 2.24) is 9.88 Å². The summed E-state index contributed by atoms with van der Waals surface area (Å²) in [5, 5.41) is 2.69. The summed E-state index contributed by atoms with van der Waals surface area (Å²) >= 11 is 3.35. The van der Waals surface area contributed by atoms with Crippen LogP contribution >= 0.6 is 15.9 Å².